The van der Waals surface area contributed by atoms with E-state index in [9.17, 15) is 0 Å². The van der Waals surface area contributed by atoms with Gasteiger partial charge in [0.05, 0.1) is 6.61 Å². The molecule has 0 unspecified atom stereocenters. The smallest absolute Gasteiger partial charge is 0.243 e. The van der Waals surface area contributed by atoms with E-state index in [0.29, 0.717) is 19.1 Å². The number of nitrogens with zero attached hydrogens (tertiary/aromatic N) is 4. The number of nitrogens with one attached hydrogen (secondary N) is 1. The Bertz CT molecular complexity index is 799. The quantitative estimate of drug-likeness (QED) is 0.685. The fourth-order valence-electron chi connectivity index (χ4n) is 2.71. The Kier molecular flexibility index (Phi) is 5.25. The summed E-state index contributed by atoms with van der Waals surface area (Å²) in [6.07, 6.45) is 1.97. The largest absolute Gasteiger partial charge is 0.493 e. The summed E-state index contributed by atoms with van der Waals surface area (Å²) in [4.78, 5) is 0. The van der Waals surface area contributed by atoms with Crippen molar-refractivity contribution in [3.8, 4) is 5.75 Å². The maximum Gasteiger partial charge on any atom is 0.243 e. The van der Waals surface area contributed by atoms with Crippen molar-refractivity contribution < 1.29 is 4.74 Å². The third kappa shape index (κ3) is 3.48. The first-order valence-corrected chi connectivity index (χ1v) is 8.47. The van der Waals surface area contributed by atoms with Crippen molar-refractivity contribution >= 4 is 16.7 Å². The van der Waals surface area contributed by atoms with Crippen LogP contribution < -0.4 is 10.1 Å². The van der Waals surface area contributed by atoms with Crippen LogP contribution in [0.15, 0.2) is 36.4 Å². The van der Waals surface area contributed by atoms with E-state index in [2.05, 4.69) is 59.0 Å². The molecule has 0 saturated heterocycles. The molecule has 0 atom stereocenters. The molecule has 24 heavy (non-hydrogen) atoms. The van der Waals surface area contributed by atoms with Gasteiger partial charge in [-0.3, -0.25) is 0 Å². The zero-order valence-corrected chi connectivity index (χ0v) is 14.2. The molecule has 6 heteroatoms. The second kappa shape index (κ2) is 7.77. The maximum atomic E-state index is 5.94. The molecule has 1 heterocycles. The van der Waals surface area contributed by atoms with E-state index in [1.807, 2.05) is 12.1 Å². The van der Waals surface area contributed by atoms with Gasteiger partial charge in [-0.15, -0.1) is 0 Å². The average molecular weight is 325 g/mol. The molecule has 6 nitrogen and oxygen atoms in total. The molecule has 126 valence electrons. The first-order valence-electron chi connectivity index (χ1n) is 8.47. The van der Waals surface area contributed by atoms with E-state index in [-0.39, 0.29) is 0 Å². The van der Waals surface area contributed by atoms with Crippen molar-refractivity contribution in [2.75, 3.05) is 11.9 Å². The molecule has 0 amide bonds. The van der Waals surface area contributed by atoms with Gasteiger partial charge in [0.15, 0.2) is 0 Å². The van der Waals surface area contributed by atoms with Gasteiger partial charge in [0.1, 0.15) is 5.75 Å². The molecule has 0 bridgehead atoms. The van der Waals surface area contributed by atoms with Crippen LogP contribution in [0.1, 0.15) is 32.3 Å². The predicted molar refractivity (Wildman–Crippen MR) is 95.2 cm³/mol. The number of aromatic nitrogens is 4. The predicted octanol–water partition coefficient (Wildman–Crippen LogP) is 3.64. The third-order valence-corrected chi connectivity index (χ3v) is 3.85. The van der Waals surface area contributed by atoms with E-state index in [0.717, 1.165) is 30.7 Å². The summed E-state index contributed by atoms with van der Waals surface area (Å²) in [5, 5.41) is 17.6. The SMILES string of the molecule is CCCOc1ccc2ccccc2c1CNc1nnnn1CCC. The lowest BCUT2D eigenvalue weighted by atomic mass is 10.0. The van der Waals surface area contributed by atoms with Crippen LogP contribution in [0.3, 0.4) is 0 Å². The number of hydrogen-bond donors (Lipinski definition) is 1. The summed E-state index contributed by atoms with van der Waals surface area (Å²) in [6, 6.07) is 12.5. The fourth-order valence-corrected chi connectivity index (χ4v) is 2.71. The zero-order valence-electron chi connectivity index (χ0n) is 14.2. The molecular weight excluding hydrogens is 302 g/mol. The highest BCUT2D eigenvalue weighted by atomic mass is 16.5. The second-order valence-electron chi connectivity index (χ2n) is 5.69. The number of fused-ring (bicyclic) bond motifs is 1. The number of anilines is 1. The molecule has 0 spiro atoms. The van der Waals surface area contributed by atoms with Gasteiger partial charge in [-0.25, -0.2) is 4.68 Å². The number of rotatable bonds is 8. The number of hydrogen-bond acceptors (Lipinski definition) is 5. The molecule has 0 aliphatic rings. The van der Waals surface area contributed by atoms with Gasteiger partial charge >= 0.3 is 0 Å². The van der Waals surface area contributed by atoms with Gasteiger partial charge < -0.3 is 10.1 Å². The Balaban J connectivity index is 1.89. The maximum absolute atomic E-state index is 5.94. The van der Waals surface area contributed by atoms with E-state index in [1.165, 1.54) is 10.8 Å². The summed E-state index contributed by atoms with van der Waals surface area (Å²) in [7, 11) is 0. The number of benzene rings is 2. The summed E-state index contributed by atoms with van der Waals surface area (Å²) in [6.45, 7) is 6.33. The van der Waals surface area contributed by atoms with Crippen LogP contribution in [0, 0.1) is 0 Å². The Morgan fingerprint density at radius 3 is 2.79 bits per heavy atom. The Hall–Kier alpha value is -2.63. The summed E-state index contributed by atoms with van der Waals surface area (Å²) < 4.78 is 7.73. The van der Waals surface area contributed by atoms with Crippen molar-refractivity contribution in [3.05, 3.63) is 42.0 Å². The van der Waals surface area contributed by atoms with E-state index in [4.69, 9.17) is 4.74 Å². The van der Waals surface area contributed by atoms with Crippen LogP contribution in [-0.4, -0.2) is 26.8 Å². The lowest BCUT2D eigenvalue weighted by molar-refractivity contribution is 0.315. The van der Waals surface area contributed by atoms with Gasteiger partial charge in [0, 0.05) is 18.7 Å². The Morgan fingerprint density at radius 2 is 1.96 bits per heavy atom. The normalized spacial score (nSPS) is 10.9. The average Bonchev–Trinajstić information content (AvgIpc) is 3.06. The molecule has 0 aliphatic heterocycles. The standard InChI is InChI=1S/C18H23N5O/c1-3-11-23-18(20-21-22-23)19-13-16-15-8-6-5-7-14(15)9-10-17(16)24-12-4-2/h5-10H,3-4,11-13H2,1-2H3,(H,19,20,22). The Morgan fingerprint density at radius 1 is 1.08 bits per heavy atom. The first-order chi connectivity index (χ1) is 11.8. The highest BCUT2D eigenvalue weighted by Gasteiger charge is 2.11. The summed E-state index contributed by atoms with van der Waals surface area (Å²) >= 11 is 0. The molecule has 1 aromatic heterocycles. The van der Waals surface area contributed by atoms with Crippen LogP contribution >= 0.6 is 0 Å². The van der Waals surface area contributed by atoms with E-state index < -0.39 is 0 Å². The van der Waals surface area contributed by atoms with Crippen molar-refractivity contribution in [3.63, 3.8) is 0 Å². The van der Waals surface area contributed by atoms with Crippen LogP contribution in [0.25, 0.3) is 10.8 Å². The highest BCUT2D eigenvalue weighted by Crippen LogP contribution is 2.29. The van der Waals surface area contributed by atoms with Gasteiger partial charge in [-0.05, 0) is 40.1 Å². The number of aryl methyl sites for hydroxylation is 1. The highest BCUT2D eigenvalue weighted by molar-refractivity contribution is 5.88. The molecule has 2 aromatic carbocycles. The molecule has 3 aromatic rings. The van der Waals surface area contributed by atoms with Crippen molar-refractivity contribution in [1.82, 2.24) is 20.2 Å². The van der Waals surface area contributed by atoms with Gasteiger partial charge in [-0.1, -0.05) is 49.3 Å². The lowest BCUT2D eigenvalue weighted by Crippen LogP contribution is -2.10. The molecular formula is C18H23N5O. The molecule has 1 N–H and O–H groups in total. The molecule has 3 rings (SSSR count). The van der Waals surface area contributed by atoms with E-state index in [1.54, 1.807) is 4.68 Å². The minimum absolute atomic E-state index is 0.616. The van der Waals surface area contributed by atoms with Crippen LogP contribution in [-0.2, 0) is 13.1 Å². The minimum Gasteiger partial charge on any atom is -0.493 e. The van der Waals surface area contributed by atoms with Gasteiger partial charge in [-0.2, -0.15) is 0 Å². The van der Waals surface area contributed by atoms with Crippen LogP contribution in [0.4, 0.5) is 5.95 Å². The zero-order chi connectivity index (χ0) is 16.8. The van der Waals surface area contributed by atoms with Crippen molar-refractivity contribution in [2.45, 2.75) is 39.8 Å². The van der Waals surface area contributed by atoms with Crippen molar-refractivity contribution in [2.24, 2.45) is 0 Å². The second-order valence-corrected chi connectivity index (χ2v) is 5.69. The topological polar surface area (TPSA) is 64.9 Å². The minimum atomic E-state index is 0.616. The molecule has 0 saturated carbocycles. The third-order valence-electron chi connectivity index (χ3n) is 3.85. The Labute approximate surface area is 141 Å². The number of ether oxygens (including phenoxy) is 1. The number of tetrazole rings is 1. The van der Waals surface area contributed by atoms with Gasteiger partial charge in [0.25, 0.3) is 0 Å². The fraction of sp³-hybridized carbons (Fsp3) is 0.389. The van der Waals surface area contributed by atoms with Crippen molar-refractivity contribution in [1.29, 1.82) is 0 Å². The van der Waals surface area contributed by atoms with Crippen LogP contribution in [0.5, 0.6) is 5.75 Å². The van der Waals surface area contributed by atoms with E-state index >= 15 is 0 Å². The monoisotopic (exact) mass is 325 g/mol. The molecule has 0 radical (unpaired) electrons. The lowest BCUT2D eigenvalue weighted by Gasteiger charge is -2.15. The summed E-state index contributed by atoms with van der Waals surface area (Å²) in [5.74, 6) is 1.60. The van der Waals surface area contributed by atoms with Gasteiger partial charge in [0.2, 0.25) is 5.95 Å². The summed E-state index contributed by atoms with van der Waals surface area (Å²) in [5.41, 5.74) is 1.13. The van der Waals surface area contributed by atoms with Crippen LogP contribution in [0.2, 0.25) is 0 Å². The molecule has 0 aliphatic carbocycles. The first kappa shape index (κ1) is 16.2. The molecule has 0 fully saturated rings.